The van der Waals surface area contributed by atoms with Crippen LogP contribution in [0.3, 0.4) is 0 Å². The molecule has 1 N–H and O–H groups in total. The Hall–Kier alpha value is -3.95. The van der Waals surface area contributed by atoms with Crippen molar-refractivity contribution >= 4 is 23.9 Å². The van der Waals surface area contributed by atoms with Crippen LogP contribution in [0.1, 0.15) is 29.8 Å². The van der Waals surface area contributed by atoms with Crippen LogP contribution in [0.25, 0.3) is 22.6 Å². The van der Waals surface area contributed by atoms with Gasteiger partial charge >= 0.3 is 0 Å². The lowest BCUT2D eigenvalue weighted by molar-refractivity contribution is 0.0641. The van der Waals surface area contributed by atoms with Gasteiger partial charge in [0.25, 0.3) is 0 Å². The van der Waals surface area contributed by atoms with Crippen LogP contribution in [0.2, 0.25) is 0 Å². The molecule has 2 aromatic carbocycles. The van der Waals surface area contributed by atoms with Gasteiger partial charge in [-0.1, -0.05) is 24.8 Å². The third kappa shape index (κ3) is 6.21. The molecule has 8 nitrogen and oxygen atoms in total. The van der Waals surface area contributed by atoms with E-state index in [1.165, 1.54) is 12.1 Å². The molecule has 204 valence electrons. The summed E-state index contributed by atoms with van der Waals surface area (Å²) in [5, 5.41) is 12.6. The van der Waals surface area contributed by atoms with Crippen molar-refractivity contribution in [1.29, 1.82) is 0 Å². The molecule has 1 atom stereocenters. The normalized spacial score (nSPS) is 13.9. The number of halogens is 2. The Morgan fingerprint density at radius 1 is 1.10 bits per heavy atom. The maximum atomic E-state index is 13.5. The molecule has 2 aromatic heterocycles. The number of aromatic nitrogens is 4. The molecule has 10 heteroatoms. The van der Waals surface area contributed by atoms with E-state index in [0.29, 0.717) is 30.5 Å². The molecule has 0 aliphatic carbocycles. The minimum Gasteiger partial charge on any atom is -0.495 e. The Morgan fingerprint density at radius 3 is 2.51 bits per heavy atom. The number of nitrogens with one attached hydrogen (secondary N) is 1. The lowest BCUT2D eigenvalue weighted by Crippen LogP contribution is -2.35. The molecule has 39 heavy (non-hydrogen) atoms. The number of nitrogens with zero attached hydrogens (tertiary/aromatic N) is 5. The summed E-state index contributed by atoms with van der Waals surface area (Å²) in [5.41, 5.74) is 6.00. The van der Waals surface area contributed by atoms with Crippen molar-refractivity contribution in [3.63, 3.8) is 0 Å². The smallest absolute Gasteiger partial charge is 0.158 e. The van der Waals surface area contributed by atoms with E-state index in [9.17, 15) is 4.39 Å². The van der Waals surface area contributed by atoms with Crippen molar-refractivity contribution in [3.05, 3.63) is 90.3 Å². The van der Waals surface area contributed by atoms with E-state index in [0.717, 1.165) is 46.9 Å². The Kier molecular flexibility index (Phi) is 8.83. The Morgan fingerprint density at radius 2 is 1.85 bits per heavy atom. The molecule has 0 saturated carbocycles. The summed E-state index contributed by atoms with van der Waals surface area (Å²) in [6.45, 7) is 11.1. The van der Waals surface area contributed by atoms with E-state index in [2.05, 4.69) is 32.0 Å². The van der Waals surface area contributed by atoms with E-state index in [1.54, 1.807) is 25.6 Å². The molecule has 0 unspecified atom stereocenters. The van der Waals surface area contributed by atoms with Gasteiger partial charge in [-0.2, -0.15) is 0 Å². The third-order valence-electron chi connectivity index (χ3n) is 6.69. The van der Waals surface area contributed by atoms with Crippen LogP contribution in [-0.2, 0) is 4.74 Å². The zero-order valence-corrected chi connectivity index (χ0v) is 23.0. The van der Waals surface area contributed by atoms with Gasteiger partial charge in [0.15, 0.2) is 5.82 Å². The highest BCUT2D eigenvalue weighted by Gasteiger charge is 2.21. The van der Waals surface area contributed by atoms with Crippen molar-refractivity contribution in [2.75, 3.05) is 38.7 Å². The number of methoxy groups -OCH3 is 1. The van der Waals surface area contributed by atoms with Crippen molar-refractivity contribution in [3.8, 4) is 22.7 Å². The molecule has 0 bridgehead atoms. The quantitative estimate of drug-likeness (QED) is 0.302. The van der Waals surface area contributed by atoms with Gasteiger partial charge in [0, 0.05) is 36.1 Å². The first-order valence-electron chi connectivity index (χ1n) is 12.5. The minimum absolute atomic E-state index is 0. The van der Waals surface area contributed by atoms with Crippen LogP contribution in [-0.4, -0.2) is 58.1 Å². The summed E-state index contributed by atoms with van der Waals surface area (Å²) >= 11 is 0. The first kappa shape index (κ1) is 28.1. The summed E-state index contributed by atoms with van der Waals surface area (Å²) in [7, 11) is 1.65. The number of ether oxygens (including phenoxy) is 2. The fourth-order valence-corrected chi connectivity index (χ4v) is 4.51. The zero-order chi connectivity index (χ0) is 26.6. The van der Waals surface area contributed by atoms with Crippen LogP contribution < -0.4 is 10.1 Å². The monoisotopic (exact) mass is 550 g/mol. The number of rotatable bonds is 8. The van der Waals surface area contributed by atoms with Gasteiger partial charge in [0.2, 0.25) is 0 Å². The van der Waals surface area contributed by atoms with Crippen LogP contribution in [0.5, 0.6) is 5.75 Å². The van der Waals surface area contributed by atoms with Crippen LogP contribution >= 0.6 is 12.4 Å². The average Bonchev–Trinajstić information content (AvgIpc) is 3.39. The Balaban J connectivity index is 0.00000353. The second kappa shape index (κ2) is 12.3. The van der Waals surface area contributed by atoms with E-state index in [1.807, 2.05) is 48.9 Å². The zero-order valence-electron chi connectivity index (χ0n) is 22.2. The fourth-order valence-electron chi connectivity index (χ4n) is 4.51. The van der Waals surface area contributed by atoms with E-state index in [4.69, 9.17) is 9.47 Å². The lowest BCUT2D eigenvalue weighted by Gasteiger charge is -2.31. The van der Waals surface area contributed by atoms with Crippen molar-refractivity contribution in [2.24, 2.45) is 0 Å². The summed E-state index contributed by atoms with van der Waals surface area (Å²) in [4.78, 5) is 6.52. The number of morpholine rings is 1. The summed E-state index contributed by atoms with van der Waals surface area (Å²) < 4.78 is 26.6. The number of hydrogen-bond acceptors (Lipinski definition) is 7. The van der Waals surface area contributed by atoms with Gasteiger partial charge in [-0.05, 0) is 49.7 Å². The first-order chi connectivity index (χ1) is 18.4. The Labute approximate surface area is 233 Å². The molecule has 0 spiro atoms. The molecule has 1 fully saturated rings. The van der Waals surface area contributed by atoms with Gasteiger partial charge < -0.3 is 24.3 Å². The van der Waals surface area contributed by atoms with Gasteiger partial charge in [-0.25, -0.2) is 9.37 Å². The lowest BCUT2D eigenvalue weighted by atomic mass is 10.0. The largest absolute Gasteiger partial charge is 0.495 e. The first-order valence-corrected chi connectivity index (χ1v) is 12.5. The van der Waals surface area contributed by atoms with E-state index >= 15 is 0 Å². The van der Waals surface area contributed by atoms with Gasteiger partial charge in [0.05, 0.1) is 49.8 Å². The standard InChI is InChI=1S/C29H31FN6O2.ClH/c1-19-17-36(18-31-19)27-10-7-23(15-28(27)37-4)26-16-25(21(3)35-11-13-38-14-12-35)29(34-33-26)32-20(2)22-5-8-24(30)9-6-22;/h5-10,15-18,20H,3,11-14H2,1-2,4H3,(H,32,34);1H/t20-;/m0./s1. The maximum absolute atomic E-state index is 13.5. The van der Waals surface area contributed by atoms with Gasteiger partial charge in [-0.3, -0.25) is 0 Å². The SMILES string of the molecule is C=C(c1cc(-c2ccc(-n3cnc(C)c3)c(OC)c2)nnc1N[C@@H](C)c1ccc(F)cc1)N1CCOCC1.Cl. The summed E-state index contributed by atoms with van der Waals surface area (Å²) in [5.74, 6) is 1.04. The Bertz CT molecular complexity index is 1440. The van der Waals surface area contributed by atoms with Crippen molar-refractivity contribution < 1.29 is 13.9 Å². The molecular formula is C29H32ClFN6O2. The highest BCUT2D eigenvalue weighted by molar-refractivity contribution is 5.85. The van der Waals surface area contributed by atoms with Crippen LogP contribution in [0, 0.1) is 12.7 Å². The molecule has 0 amide bonds. The molecule has 4 aromatic rings. The second-order valence-electron chi connectivity index (χ2n) is 9.26. The molecule has 5 rings (SSSR count). The van der Waals surface area contributed by atoms with E-state index < -0.39 is 0 Å². The molecular weight excluding hydrogens is 519 g/mol. The summed E-state index contributed by atoms with van der Waals surface area (Å²) in [6.07, 6.45) is 3.71. The molecule has 3 heterocycles. The minimum atomic E-state index is -0.268. The van der Waals surface area contributed by atoms with E-state index in [-0.39, 0.29) is 24.3 Å². The molecule has 1 saturated heterocycles. The van der Waals surface area contributed by atoms with Crippen LogP contribution in [0.15, 0.2) is 67.6 Å². The fraction of sp³-hybridized carbons (Fsp3) is 0.276. The predicted octanol–water partition coefficient (Wildman–Crippen LogP) is 5.68. The number of imidazole rings is 1. The highest BCUT2D eigenvalue weighted by atomic mass is 35.5. The number of anilines is 1. The topological polar surface area (TPSA) is 77.3 Å². The van der Waals surface area contributed by atoms with Gasteiger partial charge in [-0.15, -0.1) is 22.6 Å². The average molecular weight is 551 g/mol. The highest BCUT2D eigenvalue weighted by Crippen LogP contribution is 2.33. The van der Waals surface area contributed by atoms with Crippen molar-refractivity contribution in [1.82, 2.24) is 24.6 Å². The molecule has 1 aliphatic heterocycles. The summed E-state index contributed by atoms with van der Waals surface area (Å²) in [6, 6.07) is 14.2. The number of hydrogen-bond donors (Lipinski definition) is 1. The van der Waals surface area contributed by atoms with Crippen molar-refractivity contribution in [2.45, 2.75) is 19.9 Å². The predicted molar refractivity (Wildman–Crippen MR) is 153 cm³/mol. The number of aryl methyl sites for hydroxylation is 1. The van der Waals surface area contributed by atoms with Gasteiger partial charge in [0.1, 0.15) is 11.6 Å². The maximum Gasteiger partial charge on any atom is 0.158 e. The number of benzene rings is 2. The van der Waals surface area contributed by atoms with Crippen LogP contribution in [0.4, 0.5) is 10.2 Å². The molecule has 0 radical (unpaired) electrons. The molecule has 1 aliphatic rings. The second-order valence-corrected chi connectivity index (χ2v) is 9.26. The third-order valence-corrected chi connectivity index (χ3v) is 6.69.